The van der Waals surface area contributed by atoms with Gasteiger partial charge >= 0.3 is 5.97 Å². The number of piperidine rings is 1. The summed E-state index contributed by atoms with van der Waals surface area (Å²) >= 11 is 6.88. The Morgan fingerprint density at radius 1 is 1.21 bits per heavy atom. The van der Waals surface area contributed by atoms with E-state index in [4.69, 9.17) is 31.0 Å². The van der Waals surface area contributed by atoms with Crippen molar-refractivity contribution in [1.29, 1.82) is 0 Å². The molecule has 1 aliphatic carbocycles. The molecule has 0 amide bonds. The number of nitrogens with one attached hydrogen (secondary N) is 1. The second kappa shape index (κ2) is 12.4. The van der Waals surface area contributed by atoms with Gasteiger partial charge in [-0.05, 0) is 84.5 Å². The van der Waals surface area contributed by atoms with Crippen LogP contribution in [0.1, 0.15) is 54.3 Å². The van der Waals surface area contributed by atoms with E-state index in [2.05, 4.69) is 56.1 Å². The van der Waals surface area contributed by atoms with Gasteiger partial charge in [0.15, 0.2) is 11.4 Å². The van der Waals surface area contributed by atoms with Crippen molar-refractivity contribution in [2.75, 3.05) is 11.9 Å². The molecule has 1 aliphatic heterocycles. The van der Waals surface area contributed by atoms with Gasteiger partial charge in [-0.3, -0.25) is 14.7 Å². The molecule has 2 aromatic carbocycles. The Bertz CT molecular complexity index is 2080. The quantitative estimate of drug-likeness (QED) is 0.173. The number of hydrogen-bond donors (Lipinski definition) is 2. The number of benzene rings is 2. The van der Waals surface area contributed by atoms with E-state index in [1.165, 1.54) is 5.56 Å². The van der Waals surface area contributed by atoms with Gasteiger partial charge in [0, 0.05) is 30.2 Å². The zero-order valence-electron chi connectivity index (χ0n) is 26.4. The monoisotopic (exact) mass is 645 g/mol. The maximum Gasteiger partial charge on any atom is 0.320 e. The standard InChI is InChI=1S/C38H36ClN5O3/c1-4-25-18-27-14-16-40-35(33(27)41-21-25)43-38(15-9-12-29(24(38)3)28-11-6-5-10-23(28)2)37-42-31-20-26(19-30(39)34(31)47-37)22-44-17-8-7-13-32(44)36(45)46/h4-6,9-12,14-16,18-21,24,32H,1,7-8,13,17,22H2,2-3H3,(H,40,43)(H,45,46)/t24?,32-,38?/m0/s1. The highest BCUT2D eigenvalue weighted by Gasteiger charge is 2.45. The molecule has 2 N–H and O–H groups in total. The van der Waals surface area contributed by atoms with E-state index in [0.717, 1.165) is 52.6 Å². The number of aryl methyl sites for hydroxylation is 1. The first-order chi connectivity index (χ1) is 22.8. The Labute approximate surface area is 278 Å². The molecule has 0 bridgehead atoms. The number of carboxylic acid groups (broad SMARTS) is 1. The molecular weight excluding hydrogens is 610 g/mol. The number of halogens is 1. The fourth-order valence-electron chi connectivity index (χ4n) is 7.00. The van der Waals surface area contributed by atoms with Crippen molar-refractivity contribution in [3.05, 3.63) is 119 Å². The number of carboxylic acids is 1. The molecule has 1 saturated heterocycles. The second-order valence-electron chi connectivity index (χ2n) is 12.5. The fourth-order valence-corrected chi connectivity index (χ4v) is 7.28. The number of hydrogen-bond acceptors (Lipinski definition) is 7. The van der Waals surface area contributed by atoms with Crippen LogP contribution in [0.15, 0.2) is 90.1 Å². The van der Waals surface area contributed by atoms with Gasteiger partial charge < -0.3 is 14.8 Å². The number of pyridine rings is 2. The van der Waals surface area contributed by atoms with Crippen LogP contribution in [0.3, 0.4) is 0 Å². The lowest BCUT2D eigenvalue weighted by atomic mass is 9.73. The average Bonchev–Trinajstić information content (AvgIpc) is 3.52. The third kappa shape index (κ3) is 5.62. The number of anilines is 1. The molecule has 7 rings (SSSR count). The first-order valence-electron chi connectivity index (χ1n) is 15.9. The topological polar surface area (TPSA) is 104 Å². The highest BCUT2D eigenvalue weighted by atomic mass is 35.5. The second-order valence-corrected chi connectivity index (χ2v) is 12.9. The van der Waals surface area contributed by atoms with Crippen molar-refractivity contribution in [3.63, 3.8) is 0 Å². The number of oxazole rings is 1. The van der Waals surface area contributed by atoms with Gasteiger partial charge in [0.05, 0.1) is 5.02 Å². The molecule has 0 saturated carbocycles. The van der Waals surface area contributed by atoms with Gasteiger partial charge in [-0.25, -0.2) is 9.97 Å². The molecule has 5 aromatic rings. The molecule has 4 heterocycles. The molecule has 0 radical (unpaired) electrons. The fraction of sp³-hybridized carbons (Fsp3) is 0.263. The molecule has 8 nitrogen and oxygen atoms in total. The number of allylic oxidation sites excluding steroid dienone is 2. The predicted octanol–water partition coefficient (Wildman–Crippen LogP) is 8.41. The van der Waals surface area contributed by atoms with Crippen LogP contribution in [0.5, 0.6) is 0 Å². The van der Waals surface area contributed by atoms with Crippen molar-refractivity contribution in [1.82, 2.24) is 19.9 Å². The van der Waals surface area contributed by atoms with E-state index in [0.29, 0.717) is 40.8 Å². The molecule has 3 aromatic heterocycles. The van der Waals surface area contributed by atoms with Crippen molar-refractivity contribution in [2.45, 2.75) is 51.2 Å². The maximum atomic E-state index is 12.0. The molecule has 2 unspecified atom stereocenters. The Balaban J connectivity index is 1.35. The van der Waals surface area contributed by atoms with Crippen LogP contribution in [0, 0.1) is 12.8 Å². The minimum Gasteiger partial charge on any atom is -0.480 e. The largest absolute Gasteiger partial charge is 0.480 e. The Hall–Kier alpha value is -4.79. The summed E-state index contributed by atoms with van der Waals surface area (Å²) in [5.41, 5.74) is 6.09. The molecule has 2 aliphatic rings. The van der Waals surface area contributed by atoms with Gasteiger partial charge in [0.2, 0.25) is 5.89 Å². The van der Waals surface area contributed by atoms with Crippen molar-refractivity contribution in [2.24, 2.45) is 5.92 Å². The number of fused-ring (bicyclic) bond motifs is 2. The summed E-state index contributed by atoms with van der Waals surface area (Å²) < 4.78 is 6.60. The number of aliphatic carboxylic acids is 1. The zero-order valence-corrected chi connectivity index (χ0v) is 27.2. The number of likely N-dealkylation sites (tertiary alicyclic amines) is 1. The van der Waals surface area contributed by atoms with Gasteiger partial charge in [0.1, 0.15) is 22.6 Å². The van der Waals surface area contributed by atoms with E-state index in [1.807, 2.05) is 41.3 Å². The van der Waals surface area contributed by atoms with E-state index in [1.54, 1.807) is 18.5 Å². The smallest absolute Gasteiger partial charge is 0.320 e. The summed E-state index contributed by atoms with van der Waals surface area (Å²) in [6.07, 6.45) is 14.1. The van der Waals surface area contributed by atoms with E-state index in [-0.39, 0.29) is 5.92 Å². The summed E-state index contributed by atoms with van der Waals surface area (Å²) in [7, 11) is 0. The highest BCUT2D eigenvalue weighted by Crippen LogP contribution is 2.46. The minimum absolute atomic E-state index is 0.158. The number of rotatable bonds is 8. The van der Waals surface area contributed by atoms with Crippen LogP contribution in [0.25, 0.3) is 33.7 Å². The first kappa shape index (κ1) is 30.8. The Morgan fingerprint density at radius 3 is 2.87 bits per heavy atom. The summed E-state index contributed by atoms with van der Waals surface area (Å²) in [6, 6.07) is 15.6. The molecule has 238 valence electrons. The Kier molecular flexibility index (Phi) is 8.16. The zero-order chi connectivity index (χ0) is 32.7. The van der Waals surface area contributed by atoms with Crippen LogP contribution in [0.4, 0.5) is 5.82 Å². The molecule has 3 atom stereocenters. The Morgan fingerprint density at radius 2 is 2.06 bits per heavy atom. The van der Waals surface area contributed by atoms with E-state index in [9.17, 15) is 9.90 Å². The predicted molar refractivity (Wildman–Crippen MR) is 187 cm³/mol. The lowest BCUT2D eigenvalue weighted by molar-refractivity contribution is -0.144. The van der Waals surface area contributed by atoms with Crippen molar-refractivity contribution in [3.8, 4) is 0 Å². The number of nitrogens with zero attached hydrogens (tertiary/aromatic N) is 4. The number of aromatic nitrogens is 3. The van der Waals surface area contributed by atoms with E-state index >= 15 is 0 Å². The summed E-state index contributed by atoms with van der Waals surface area (Å²) in [4.78, 5) is 28.6. The van der Waals surface area contributed by atoms with E-state index < -0.39 is 17.6 Å². The van der Waals surface area contributed by atoms with Crippen molar-refractivity contribution >= 4 is 57.0 Å². The van der Waals surface area contributed by atoms with Gasteiger partial charge in [-0.2, -0.15) is 0 Å². The molecular formula is C38H36ClN5O3. The van der Waals surface area contributed by atoms with Crippen LogP contribution in [-0.2, 0) is 16.9 Å². The van der Waals surface area contributed by atoms with Gasteiger partial charge in [0.25, 0.3) is 0 Å². The van der Waals surface area contributed by atoms with Crippen molar-refractivity contribution < 1.29 is 14.3 Å². The van der Waals surface area contributed by atoms with Crippen LogP contribution >= 0.6 is 11.6 Å². The molecule has 47 heavy (non-hydrogen) atoms. The molecule has 9 heteroatoms. The third-order valence-electron chi connectivity index (χ3n) is 9.56. The first-order valence-corrected chi connectivity index (χ1v) is 16.3. The lowest BCUT2D eigenvalue weighted by Crippen LogP contribution is -2.43. The molecule has 1 fully saturated rings. The van der Waals surface area contributed by atoms with Crippen LogP contribution < -0.4 is 5.32 Å². The third-order valence-corrected chi connectivity index (χ3v) is 9.85. The SMILES string of the molecule is C=Cc1cnc2c(NC3(c4nc5cc(CN6CCCC[C@H]6C(=O)O)cc(Cl)c5o4)C=CC=C(c4ccccc4C)C3C)nccc2c1. The normalized spacial score (nSPS) is 21.6. The van der Waals surface area contributed by atoms with Crippen LogP contribution in [-0.4, -0.2) is 43.5 Å². The molecule has 0 spiro atoms. The highest BCUT2D eigenvalue weighted by molar-refractivity contribution is 6.34. The summed E-state index contributed by atoms with van der Waals surface area (Å²) in [6.45, 7) is 9.35. The minimum atomic E-state index is -0.962. The maximum absolute atomic E-state index is 12.0. The number of carbonyl (C=O) groups is 1. The van der Waals surface area contributed by atoms with Crippen LogP contribution in [0.2, 0.25) is 5.02 Å². The average molecular weight is 646 g/mol. The lowest BCUT2D eigenvalue weighted by Gasteiger charge is -2.39. The summed E-state index contributed by atoms with van der Waals surface area (Å²) in [5, 5.41) is 14.9. The van der Waals surface area contributed by atoms with Gasteiger partial charge in [-0.1, -0.05) is 74.0 Å². The summed E-state index contributed by atoms with van der Waals surface area (Å²) in [5.74, 6) is 0.0902. The van der Waals surface area contributed by atoms with Gasteiger partial charge in [-0.15, -0.1) is 0 Å².